The highest BCUT2D eigenvalue weighted by atomic mass is 19.1. The van der Waals surface area contributed by atoms with Crippen molar-refractivity contribution < 1.29 is 28.7 Å². The lowest BCUT2D eigenvalue weighted by atomic mass is 9.88. The minimum absolute atomic E-state index is 0.116. The van der Waals surface area contributed by atoms with E-state index < -0.39 is 10.8 Å². The first-order valence-electron chi connectivity index (χ1n) is 14.7. The molecule has 6 rings (SSSR count). The number of ether oxygens (including phenoxy) is 1. The van der Waals surface area contributed by atoms with Crippen LogP contribution in [0, 0.1) is 15.9 Å². The maximum absolute atomic E-state index is 13.8. The molecule has 1 heterocycles. The highest BCUT2D eigenvalue weighted by molar-refractivity contribution is 6.12. The molecule has 236 valence electrons. The molecular formula is C36H29FN4O6. The van der Waals surface area contributed by atoms with Crippen LogP contribution >= 0.6 is 0 Å². The molecule has 47 heavy (non-hydrogen) atoms. The van der Waals surface area contributed by atoms with Crippen molar-refractivity contribution in [3.05, 3.63) is 141 Å². The summed E-state index contributed by atoms with van der Waals surface area (Å²) in [6.45, 7) is 0.262. The number of carbonyl (C=O) groups excluding carboxylic acids is 2. The minimum atomic E-state index is -0.510. The lowest BCUT2D eigenvalue weighted by Crippen LogP contribution is -2.26. The van der Waals surface area contributed by atoms with Crippen molar-refractivity contribution in [3.63, 3.8) is 0 Å². The molecule has 0 saturated heterocycles. The number of aromatic hydroxyl groups is 1. The van der Waals surface area contributed by atoms with Gasteiger partial charge >= 0.3 is 5.69 Å². The number of phenolic OH excluding ortho intramolecular Hbond substituents is 1. The Bertz CT molecular complexity index is 2010. The summed E-state index contributed by atoms with van der Waals surface area (Å²) < 4.78 is 19.1. The Morgan fingerprint density at radius 2 is 1.62 bits per heavy atom. The lowest BCUT2D eigenvalue weighted by molar-refractivity contribution is -0.385. The lowest BCUT2D eigenvalue weighted by Gasteiger charge is -2.20. The number of hydrogen-bond acceptors (Lipinski definition) is 7. The van der Waals surface area contributed by atoms with Gasteiger partial charge in [0, 0.05) is 18.5 Å². The summed E-state index contributed by atoms with van der Waals surface area (Å²) in [5, 5.41) is 30.6. The van der Waals surface area contributed by atoms with Crippen LogP contribution in [0.25, 0.3) is 11.1 Å². The average molecular weight is 633 g/mol. The quantitative estimate of drug-likeness (QED) is 0.0981. The van der Waals surface area contributed by atoms with Crippen LogP contribution in [0.1, 0.15) is 44.2 Å². The maximum atomic E-state index is 13.8. The molecule has 4 N–H and O–H groups in total. The van der Waals surface area contributed by atoms with Gasteiger partial charge in [-0.25, -0.2) is 4.39 Å². The predicted molar refractivity (Wildman–Crippen MR) is 176 cm³/mol. The van der Waals surface area contributed by atoms with Gasteiger partial charge in [-0.05, 0) is 89.3 Å². The second-order valence-electron chi connectivity index (χ2n) is 11.0. The van der Waals surface area contributed by atoms with Crippen molar-refractivity contribution >= 4 is 34.6 Å². The molecule has 1 aliphatic heterocycles. The average Bonchev–Trinajstić information content (AvgIpc) is 3.21. The number of benzene rings is 5. The van der Waals surface area contributed by atoms with Gasteiger partial charge in [0.25, 0.3) is 11.8 Å². The summed E-state index contributed by atoms with van der Waals surface area (Å²) in [5.41, 5.74) is 5.20. The zero-order chi connectivity index (χ0) is 33.1. The Kier molecular flexibility index (Phi) is 8.52. The number of nitro groups is 1. The number of carbonyl (C=O) groups is 2. The van der Waals surface area contributed by atoms with Gasteiger partial charge in [0.05, 0.1) is 40.2 Å². The summed E-state index contributed by atoms with van der Waals surface area (Å²) in [6.07, 6.45) is 0.452. The third-order valence-electron chi connectivity index (χ3n) is 8.08. The minimum Gasteiger partial charge on any atom is -0.507 e. The van der Waals surface area contributed by atoms with Crippen LogP contribution in [0.5, 0.6) is 11.5 Å². The normalized spacial score (nSPS) is 12.4. The Balaban J connectivity index is 1.28. The van der Waals surface area contributed by atoms with Gasteiger partial charge in [0.15, 0.2) is 5.75 Å². The molecule has 0 radical (unpaired) electrons. The van der Waals surface area contributed by atoms with E-state index in [9.17, 15) is 29.2 Å². The first-order chi connectivity index (χ1) is 22.7. The van der Waals surface area contributed by atoms with E-state index in [1.807, 2.05) is 18.2 Å². The monoisotopic (exact) mass is 632 g/mol. The van der Waals surface area contributed by atoms with Crippen molar-refractivity contribution in [1.29, 1.82) is 0 Å². The largest absolute Gasteiger partial charge is 0.507 e. The maximum Gasteiger partial charge on any atom is 0.310 e. The van der Waals surface area contributed by atoms with Crippen LogP contribution in [-0.2, 0) is 0 Å². The molecule has 5 aromatic carbocycles. The molecule has 1 unspecified atom stereocenters. The molecule has 0 aromatic heterocycles. The molecule has 0 saturated carbocycles. The first kappa shape index (κ1) is 30.8. The Hall–Kier alpha value is -6.23. The summed E-state index contributed by atoms with van der Waals surface area (Å²) in [5.74, 6) is -1.37. The zero-order valence-electron chi connectivity index (χ0n) is 25.1. The third-order valence-corrected chi connectivity index (χ3v) is 8.08. The Morgan fingerprint density at radius 1 is 0.894 bits per heavy atom. The standard InChI is InChI=1S/C36H29FN4O6/c1-47-34-20-23(10-15-32(34)41(45)46)22-8-13-27-30(18-22)39-29-14-9-24(19-31(29)40-36(27)44)26(21-6-11-25(37)12-7-21)16-17-38-35(43)28-4-2-3-5-33(28)42/h2-15,18-20,26,39,42H,16-17H2,1H3,(H,38,43)(H,40,44). The number of methoxy groups -OCH3 is 1. The van der Waals surface area contributed by atoms with E-state index in [-0.39, 0.29) is 46.9 Å². The number of fused-ring (bicyclic) bond motifs is 2. The predicted octanol–water partition coefficient (Wildman–Crippen LogP) is 7.38. The van der Waals surface area contributed by atoms with Crippen molar-refractivity contribution in [2.24, 2.45) is 0 Å². The fourth-order valence-corrected chi connectivity index (χ4v) is 5.67. The van der Waals surface area contributed by atoms with E-state index in [4.69, 9.17) is 4.74 Å². The summed E-state index contributed by atoms with van der Waals surface area (Å²) in [6, 6.07) is 27.9. The molecule has 11 heteroatoms. The van der Waals surface area contributed by atoms with Crippen LogP contribution in [0.15, 0.2) is 103 Å². The van der Waals surface area contributed by atoms with Crippen LogP contribution in [0.3, 0.4) is 0 Å². The number of rotatable bonds is 9. The van der Waals surface area contributed by atoms with E-state index in [0.717, 1.165) is 16.7 Å². The molecule has 2 amide bonds. The molecule has 0 bridgehead atoms. The number of anilines is 3. The van der Waals surface area contributed by atoms with E-state index in [0.29, 0.717) is 34.6 Å². The Labute approximate surface area is 269 Å². The summed E-state index contributed by atoms with van der Waals surface area (Å²) in [4.78, 5) is 36.9. The van der Waals surface area contributed by atoms with Crippen LogP contribution < -0.4 is 20.7 Å². The number of phenols is 1. The smallest absolute Gasteiger partial charge is 0.310 e. The topological polar surface area (TPSA) is 143 Å². The SMILES string of the molecule is COc1cc(-c2ccc3c(c2)Nc2ccc(C(CCNC(=O)c4ccccc4O)c4ccc(F)cc4)cc2NC3=O)ccc1[N+](=O)[O-]. The van der Waals surface area contributed by atoms with Crippen molar-refractivity contribution in [3.8, 4) is 22.6 Å². The molecule has 1 atom stereocenters. The summed E-state index contributed by atoms with van der Waals surface area (Å²) in [7, 11) is 1.37. The van der Waals surface area contributed by atoms with Gasteiger partial charge in [-0.15, -0.1) is 0 Å². The van der Waals surface area contributed by atoms with E-state index in [1.165, 1.54) is 37.4 Å². The number of nitrogens with one attached hydrogen (secondary N) is 3. The molecule has 0 aliphatic carbocycles. The number of hydrogen-bond donors (Lipinski definition) is 4. The third kappa shape index (κ3) is 6.45. The van der Waals surface area contributed by atoms with Gasteiger partial charge in [0.2, 0.25) is 0 Å². The van der Waals surface area contributed by atoms with Crippen LogP contribution in [0.4, 0.5) is 27.1 Å². The number of nitro benzene ring substituents is 1. The second kappa shape index (κ2) is 13.0. The van der Waals surface area contributed by atoms with Gasteiger partial charge in [-0.2, -0.15) is 0 Å². The first-order valence-corrected chi connectivity index (χ1v) is 14.7. The van der Waals surface area contributed by atoms with E-state index in [2.05, 4.69) is 16.0 Å². The van der Waals surface area contributed by atoms with Crippen molar-refractivity contribution in [2.75, 3.05) is 24.3 Å². The highest BCUT2D eigenvalue weighted by Crippen LogP contribution is 2.39. The van der Waals surface area contributed by atoms with Crippen molar-refractivity contribution in [1.82, 2.24) is 5.32 Å². The molecule has 10 nitrogen and oxygen atoms in total. The second-order valence-corrected chi connectivity index (χ2v) is 11.0. The van der Waals surface area contributed by atoms with Crippen LogP contribution in [-0.4, -0.2) is 35.5 Å². The zero-order valence-corrected chi connectivity index (χ0v) is 25.1. The molecule has 0 spiro atoms. The number of halogens is 1. The van der Waals surface area contributed by atoms with Gasteiger partial charge in [-0.3, -0.25) is 19.7 Å². The van der Waals surface area contributed by atoms with Gasteiger partial charge < -0.3 is 25.8 Å². The number of nitrogens with zero attached hydrogens (tertiary/aromatic N) is 1. The molecular weight excluding hydrogens is 603 g/mol. The van der Waals surface area contributed by atoms with Gasteiger partial charge in [0.1, 0.15) is 11.6 Å². The van der Waals surface area contributed by atoms with Crippen molar-refractivity contribution in [2.45, 2.75) is 12.3 Å². The number of amides is 2. The molecule has 5 aromatic rings. The van der Waals surface area contributed by atoms with E-state index >= 15 is 0 Å². The molecule has 1 aliphatic rings. The van der Waals surface area contributed by atoms with Gasteiger partial charge in [-0.1, -0.05) is 36.4 Å². The fraction of sp³-hybridized carbons (Fsp3) is 0.111. The number of para-hydroxylation sites is 1. The van der Waals surface area contributed by atoms with E-state index in [1.54, 1.807) is 54.6 Å². The Morgan fingerprint density at radius 3 is 2.36 bits per heavy atom. The summed E-state index contributed by atoms with van der Waals surface area (Å²) >= 11 is 0. The highest BCUT2D eigenvalue weighted by Gasteiger charge is 2.23. The van der Waals surface area contributed by atoms with Crippen LogP contribution in [0.2, 0.25) is 0 Å². The fourth-order valence-electron chi connectivity index (χ4n) is 5.67. The molecule has 0 fully saturated rings.